The van der Waals surface area contributed by atoms with Gasteiger partial charge >= 0.3 is 18.9 Å². The maximum absolute atomic E-state index is 6.16. The Hall–Kier alpha value is -0.569. The Morgan fingerprint density at radius 3 is 0.964 bits per heavy atom. The van der Waals surface area contributed by atoms with Gasteiger partial charge in [0, 0.05) is 0 Å². The summed E-state index contributed by atoms with van der Waals surface area (Å²) in [5.74, 6) is 0. The van der Waals surface area contributed by atoms with Crippen molar-refractivity contribution in [3.8, 4) is 0 Å². The molecule has 0 aliphatic rings. The van der Waals surface area contributed by atoms with Gasteiger partial charge in [0.2, 0.25) is 0 Å². The third-order valence-corrected chi connectivity index (χ3v) is 18.9. The molecule has 2 aromatic carbocycles. The molecular formula is C24H38LiNSi2. The average Bonchev–Trinajstić information content (AvgIpc) is 2.63. The summed E-state index contributed by atoms with van der Waals surface area (Å²) >= 11 is 0. The molecule has 0 fully saturated rings. The van der Waals surface area contributed by atoms with E-state index in [1.54, 1.807) is 0 Å². The first-order valence-corrected chi connectivity index (χ1v) is 14.7. The SMILES string of the molecule is CC(C)[Si]([N-][Si](c1ccccc1)(C(C)C)C(C)C)(c1ccccc1)C(C)C.[Li+]. The number of rotatable bonds is 8. The van der Waals surface area contributed by atoms with Gasteiger partial charge in [0.15, 0.2) is 0 Å². The van der Waals surface area contributed by atoms with Crippen molar-refractivity contribution in [2.75, 3.05) is 0 Å². The third kappa shape index (κ3) is 4.60. The summed E-state index contributed by atoms with van der Waals surface area (Å²) in [4.78, 5) is 0. The van der Waals surface area contributed by atoms with Crippen LogP contribution in [0.4, 0.5) is 0 Å². The van der Waals surface area contributed by atoms with Gasteiger partial charge in [-0.3, -0.25) is 0 Å². The topological polar surface area (TPSA) is 14.1 Å². The Kier molecular flexibility index (Phi) is 9.51. The summed E-state index contributed by atoms with van der Waals surface area (Å²) in [6.07, 6.45) is 0. The van der Waals surface area contributed by atoms with Crippen LogP contribution in [0.15, 0.2) is 60.7 Å². The van der Waals surface area contributed by atoms with Crippen molar-refractivity contribution in [1.82, 2.24) is 0 Å². The molecule has 28 heavy (non-hydrogen) atoms. The first-order chi connectivity index (χ1) is 12.7. The van der Waals surface area contributed by atoms with Crippen LogP contribution in [0.3, 0.4) is 0 Å². The molecule has 0 bridgehead atoms. The summed E-state index contributed by atoms with van der Waals surface area (Å²) < 4.78 is 6.16. The molecule has 0 aliphatic carbocycles. The van der Waals surface area contributed by atoms with Crippen molar-refractivity contribution >= 4 is 26.8 Å². The Balaban J connectivity index is 0.00000392. The van der Waals surface area contributed by atoms with Crippen LogP contribution in [0, 0.1) is 0 Å². The molecule has 2 rings (SSSR count). The number of nitrogens with zero attached hydrogens (tertiary/aromatic N) is 1. The maximum Gasteiger partial charge on any atom is 1.00 e. The standard InChI is InChI=1S/C24H38NSi2.Li/c1-19(2)26(20(3)4,23-15-11-9-12-16-23)25-27(21(5)6,22(7)8)24-17-13-10-14-18-24;/h9-22H,1-8H3;/q-1;+1. The van der Waals surface area contributed by atoms with Gasteiger partial charge in [0.25, 0.3) is 0 Å². The zero-order valence-electron chi connectivity index (χ0n) is 19.5. The van der Waals surface area contributed by atoms with Crippen molar-refractivity contribution in [3.63, 3.8) is 0 Å². The predicted molar refractivity (Wildman–Crippen MR) is 127 cm³/mol. The third-order valence-electron chi connectivity index (χ3n) is 6.36. The molecule has 0 heterocycles. The molecule has 2 aromatic rings. The number of hydrogen-bond donors (Lipinski definition) is 0. The minimum Gasteiger partial charge on any atom is -0.658 e. The fraction of sp³-hybridized carbons (Fsp3) is 0.500. The molecule has 0 saturated carbocycles. The molecule has 148 valence electrons. The summed E-state index contributed by atoms with van der Waals surface area (Å²) in [5.41, 5.74) is 2.31. The Morgan fingerprint density at radius 2 is 0.750 bits per heavy atom. The van der Waals surface area contributed by atoms with E-state index in [-0.39, 0.29) is 18.9 Å². The number of hydrogen-bond acceptors (Lipinski definition) is 0. The van der Waals surface area contributed by atoms with Gasteiger partial charge in [-0.25, -0.2) is 0 Å². The van der Waals surface area contributed by atoms with Gasteiger partial charge in [0.05, 0.1) is 0 Å². The average molecular weight is 404 g/mol. The van der Waals surface area contributed by atoms with Crippen molar-refractivity contribution in [3.05, 3.63) is 65.3 Å². The molecule has 0 atom stereocenters. The zero-order valence-corrected chi connectivity index (χ0v) is 21.5. The van der Waals surface area contributed by atoms with E-state index >= 15 is 0 Å². The van der Waals surface area contributed by atoms with Crippen LogP contribution in [0.2, 0.25) is 22.2 Å². The minimum atomic E-state index is -2.08. The second kappa shape index (κ2) is 10.5. The van der Waals surface area contributed by atoms with E-state index in [0.717, 1.165) is 0 Å². The maximum atomic E-state index is 6.16. The van der Waals surface area contributed by atoms with Crippen LogP contribution < -0.4 is 29.2 Å². The second-order valence-corrected chi connectivity index (χ2v) is 19.1. The van der Waals surface area contributed by atoms with E-state index in [2.05, 4.69) is 116 Å². The minimum absolute atomic E-state index is 0. The summed E-state index contributed by atoms with van der Waals surface area (Å²) in [6, 6.07) is 22.5. The molecule has 0 spiro atoms. The van der Waals surface area contributed by atoms with E-state index in [4.69, 9.17) is 4.65 Å². The molecule has 0 aliphatic heterocycles. The van der Waals surface area contributed by atoms with Gasteiger partial charge in [-0.05, 0) is 16.5 Å². The second-order valence-electron chi connectivity index (χ2n) is 9.11. The molecule has 1 nitrogen and oxygen atoms in total. The Labute approximate surface area is 188 Å². The van der Waals surface area contributed by atoms with Crippen LogP contribution in [-0.2, 0) is 0 Å². The quantitative estimate of drug-likeness (QED) is 0.597. The summed E-state index contributed by atoms with van der Waals surface area (Å²) in [6.45, 7) is 19.3. The van der Waals surface area contributed by atoms with Crippen LogP contribution in [0.5, 0.6) is 0 Å². The molecule has 0 amide bonds. The van der Waals surface area contributed by atoms with Gasteiger partial charge in [-0.2, -0.15) is 0 Å². The van der Waals surface area contributed by atoms with Crippen molar-refractivity contribution in [1.29, 1.82) is 0 Å². The molecule has 0 aromatic heterocycles. The molecule has 0 radical (unpaired) electrons. The van der Waals surface area contributed by atoms with E-state index in [9.17, 15) is 0 Å². The molecule has 4 heteroatoms. The monoisotopic (exact) mass is 403 g/mol. The fourth-order valence-corrected chi connectivity index (χ4v) is 19.4. The van der Waals surface area contributed by atoms with Crippen molar-refractivity contribution in [2.24, 2.45) is 0 Å². The van der Waals surface area contributed by atoms with Gasteiger partial charge < -0.3 is 4.65 Å². The molecule has 0 unspecified atom stereocenters. The Morgan fingerprint density at radius 1 is 0.500 bits per heavy atom. The van der Waals surface area contributed by atoms with Crippen molar-refractivity contribution < 1.29 is 18.9 Å². The Bertz CT molecular complexity index is 622. The summed E-state index contributed by atoms with van der Waals surface area (Å²) in [7, 11) is -4.17. The largest absolute Gasteiger partial charge is 1.00 e. The molecule has 0 N–H and O–H groups in total. The van der Waals surface area contributed by atoms with Crippen LogP contribution in [0.1, 0.15) is 55.4 Å². The number of benzene rings is 2. The van der Waals surface area contributed by atoms with E-state index in [0.29, 0.717) is 22.2 Å². The zero-order chi connectivity index (χ0) is 20.2. The van der Waals surface area contributed by atoms with E-state index in [1.807, 2.05) is 0 Å². The van der Waals surface area contributed by atoms with Crippen LogP contribution in [-0.4, -0.2) is 16.5 Å². The smallest absolute Gasteiger partial charge is 0.658 e. The van der Waals surface area contributed by atoms with Gasteiger partial charge in [0.1, 0.15) is 0 Å². The molecular weight excluding hydrogens is 365 g/mol. The van der Waals surface area contributed by atoms with E-state index < -0.39 is 16.5 Å². The van der Waals surface area contributed by atoms with Gasteiger partial charge in [-0.1, -0.05) is 149 Å². The first kappa shape index (κ1) is 25.5. The molecule has 0 saturated heterocycles. The first-order valence-electron chi connectivity index (χ1n) is 10.5. The normalized spacial score (nSPS) is 12.7. The van der Waals surface area contributed by atoms with E-state index in [1.165, 1.54) is 10.4 Å². The van der Waals surface area contributed by atoms with Crippen molar-refractivity contribution in [2.45, 2.75) is 77.6 Å². The van der Waals surface area contributed by atoms with Gasteiger partial charge in [-0.15, -0.1) is 0 Å². The van der Waals surface area contributed by atoms with Crippen LogP contribution in [0.25, 0.3) is 4.65 Å². The predicted octanol–water partition coefficient (Wildman–Crippen LogP) is 3.71. The van der Waals surface area contributed by atoms with Crippen LogP contribution >= 0.6 is 0 Å². The summed E-state index contributed by atoms with van der Waals surface area (Å²) in [5, 5.41) is 3.01. The fourth-order valence-electron chi connectivity index (χ4n) is 5.03.